The molecule has 170 valence electrons. The maximum Gasteiger partial charge on any atom is 0.453 e. The molecule has 3 aromatic rings. The van der Waals surface area contributed by atoms with Crippen LogP contribution in [0.4, 0.5) is 19.0 Å². The van der Waals surface area contributed by atoms with Crippen LogP contribution in [0.15, 0.2) is 42.5 Å². The third-order valence-corrected chi connectivity index (χ3v) is 5.94. The van der Waals surface area contributed by atoms with E-state index in [0.717, 1.165) is 10.9 Å². The van der Waals surface area contributed by atoms with Crippen molar-refractivity contribution in [2.24, 2.45) is 5.92 Å². The predicted octanol–water partition coefficient (Wildman–Crippen LogP) is 3.67. The molecule has 32 heavy (non-hydrogen) atoms. The van der Waals surface area contributed by atoms with Crippen LogP contribution in [0.3, 0.4) is 0 Å². The molecule has 0 radical (unpaired) electrons. The molecule has 1 aromatic carbocycles. The van der Waals surface area contributed by atoms with Crippen LogP contribution in [0.25, 0.3) is 5.65 Å². The van der Waals surface area contributed by atoms with Crippen LogP contribution in [-0.4, -0.2) is 45.4 Å². The molecule has 1 aliphatic heterocycles. The first-order valence-corrected chi connectivity index (χ1v) is 10.7. The molecular weight excluding hydrogens is 421 g/mol. The third kappa shape index (κ3) is 4.84. The number of hydrogen-bond acceptors (Lipinski definition) is 5. The number of nitrogens with zero attached hydrogens (tertiary/aromatic N) is 5. The van der Waals surface area contributed by atoms with Gasteiger partial charge in [-0.1, -0.05) is 37.3 Å². The minimum atomic E-state index is -4.63. The van der Waals surface area contributed by atoms with E-state index in [0.29, 0.717) is 44.2 Å². The minimum Gasteiger partial charge on any atom is -0.356 e. The van der Waals surface area contributed by atoms with Gasteiger partial charge in [-0.05, 0) is 42.9 Å². The number of hydrogen-bond donors (Lipinski definition) is 1. The molecule has 1 unspecified atom stereocenters. The number of piperidine rings is 1. The van der Waals surface area contributed by atoms with Gasteiger partial charge in [0.05, 0.1) is 0 Å². The molecule has 1 aliphatic rings. The molecule has 3 heterocycles. The molecule has 1 amide bonds. The molecule has 10 heteroatoms. The summed E-state index contributed by atoms with van der Waals surface area (Å²) in [6.45, 7) is 3.84. The van der Waals surface area contributed by atoms with Crippen LogP contribution in [0, 0.1) is 5.92 Å². The van der Waals surface area contributed by atoms with Crippen molar-refractivity contribution in [1.29, 1.82) is 0 Å². The fourth-order valence-electron chi connectivity index (χ4n) is 4.00. The van der Waals surface area contributed by atoms with Gasteiger partial charge in [-0.15, -0.1) is 15.3 Å². The average molecular weight is 446 g/mol. The van der Waals surface area contributed by atoms with Gasteiger partial charge in [-0.2, -0.15) is 17.7 Å². The van der Waals surface area contributed by atoms with Crippen LogP contribution < -0.4 is 10.2 Å². The molecule has 1 fully saturated rings. The lowest BCUT2D eigenvalue weighted by Gasteiger charge is -2.32. The highest BCUT2D eigenvalue weighted by molar-refractivity contribution is 5.78. The highest BCUT2D eigenvalue weighted by Gasteiger charge is 2.38. The number of amides is 1. The van der Waals surface area contributed by atoms with Gasteiger partial charge in [0.2, 0.25) is 5.91 Å². The van der Waals surface area contributed by atoms with Gasteiger partial charge in [0, 0.05) is 25.6 Å². The molecule has 0 spiro atoms. The lowest BCUT2D eigenvalue weighted by molar-refractivity contribution is -0.146. The largest absolute Gasteiger partial charge is 0.453 e. The Morgan fingerprint density at radius 2 is 1.84 bits per heavy atom. The maximum atomic E-state index is 13.1. The Bertz CT molecular complexity index is 1060. The molecule has 1 atom stereocenters. The van der Waals surface area contributed by atoms with Gasteiger partial charge < -0.3 is 10.2 Å². The fourth-order valence-corrected chi connectivity index (χ4v) is 4.00. The Morgan fingerprint density at radius 3 is 2.53 bits per heavy atom. The van der Waals surface area contributed by atoms with Crippen LogP contribution in [0.1, 0.15) is 43.5 Å². The number of aromatic nitrogens is 4. The zero-order valence-electron chi connectivity index (χ0n) is 17.7. The van der Waals surface area contributed by atoms with E-state index < -0.39 is 12.0 Å². The van der Waals surface area contributed by atoms with Gasteiger partial charge in [0.1, 0.15) is 5.82 Å². The number of rotatable bonds is 6. The summed E-state index contributed by atoms with van der Waals surface area (Å²) >= 11 is 0. The highest BCUT2D eigenvalue weighted by Crippen LogP contribution is 2.28. The zero-order valence-corrected chi connectivity index (χ0v) is 17.7. The average Bonchev–Trinajstić information content (AvgIpc) is 3.23. The number of carbonyl (C=O) groups excluding carboxylic acids is 1. The summed E-state index contributed by atoms with van der Waals surface area (Å²) in [7, 11) is 0. The fraction of sp³-hybridized carbons (Fsp3) is 0.455. The minimum absolute atomic E-state index is 0.0338. The number of carbonyl (C=O) groups is 1. The molecule has 2 aromatic heterocycles. The van der Waals surface area contributed by atoms with Gasteiger partial charge in [0.15, 0.2) is 5.65 Å². The molecule has 0 aliphatic carbocycles. The first-order valence-electron chi connectivity index (χ1n) is 10.7. The van der Waals surface area contributed by atoms with Crippen molar-refractivity contribution in [2.45, 2.75) is 38.3 Å². The van der Waals surface area contributed by atoms with E-state index in [9.17, 15) is 18.0 Å². The van der Waals surface area contributed by atoms with Crippen molar-refractivity contribution >= 4 is 17.4 Å². The van der Waals surface area contributed by atoms with Crippen molar-refractivity contribution in [3.63, 3.8) is 0 Å². The van der Waals surface area contributed by atoms with Crippen molar-refractivity contribution in [3.05, 3.63) is 53.9 Å². The number of fused-ring (bicyclic) bond motifs is 1. The lowest BCUT2D eigenvalue weighted by Crippen LogP contribution is -2.41. The number of alkyl halides is 3. The molecule has 1 saturated heterocycles. The van der Waals surface area contributed by atoms with Gasteiger partial charge in [-0.25, -0.2) is 0 Å². The topological polar surface area (TPSA) is 75.4 Å². The van der Waals surface area contributed by atoms with E-state index in [1.807, 2.05) is 23.1 Å². The Morgan fingerprint density at radius 1 is 1.12 bits per heavy atom. The summed E-state index contributed by atoms with van der Waals surface area (Å²) in [5.74, 6) is -0.445. The summed E-state index contributed by atoms with van der Waals surface area (Å²) in [6, 6.07) is 13.3. The molecule has 7 nitrogen and oxygen atoms in total. The Labute approximate surface area is 183 Å². The Kier molecular flexibility index (Phi) is 6.29. The van der Waals surface area contributed by atoms with E-state index in [1.54, 1.807) is 6.07 Å². The molecule has 0 bridgehead atoms. The summed E-state index contributed by atoms with van der Waals surface area (Å²) in [4.78, 5) is 14.5. The van der Waals surface area contributed by atoms with E-state index in [4.69, 9.17) is 0 Å². The van der Waals surface area contributed by atoms with Crippen molar-refractivity contribution in [1.82, 2.24) is 25.1 Å². The number of halogens is 3. The van der Waals surface area contributed by atoms with Crippen LogP contribution in [-0.2, 0) is 11.0 Å². The van der Waals surface area contributed by atoms with Crippen molar-refractivity contribution < 1.29 is 18.0 Å². The standard InChI is InChI=1S/C22H25F3N6O/c1-15(16-5-3-2-4-6-16)9-12-26-20(32)17-10-13-30(14-11-17)19-8-7-18-27-28-21(22(23,24)25)31(18)29-19/h2-8,15,17H,9-14H2,1H3,(H,26,32). The van der Waals surface area contributed by atoms with Crippen LogP contribution >= 0.6 is 0 Å². The van der Waals surface area contributed by atoms with Crippen molar-refractivity contribution in [2.75, 3.05) is 24.5 Å². The zero-order chi connectivity index (χ0) is 22.7. The second-order valence-corrected chi connectivity index (χ2v) is 8.14. The van der Waals surface area contributed by atoms with E-state index in [-0.39, 0.29) is 17.5 Å². The smallest absolute Gasteiger partial charge is 0.356 e. The highest BCUT2D eigenvalue weighted by atomic mass is 19.4. The summed E-state index contributed by atoms with van der Waals surface area (Å²) < 4.78 is 40.0. The number of benzene rings is 1. The van der Waals surface area contributed by atoms with E-state index in [1.165, 1.54) is 11.6 Å². The quantitative estimate of drug-likeness (QED) is 0.625. The summed E-state index contributed by atoms with van der Waals surface area (Å²) in [5, 5.41) is 13.9. The van der Waals surface area contributed by atoms with Gasteiger partial charge >= 0.3 is 6.18 Å². The van der Waals surface area contributed by atoms with Crippen LogP contribution in [0.5, 0.6) is 0 Å². The summed E-state index contributed by atoms with van der Waals surface area (Å²) in [5.41, 5.74) is 1.29. The summed E-state index contributed by atoms with van der Waals surface area (Å²) in [6.07, 6.45) is -2.53. The second-order valence-electron chi connectivity index (χ2n) is 8.14. The van der Waals surface area contributed by atoms with Gasteiger partial charge in [-0.3, -0.25) is 4.79 Å². The molecular formula is C22H25F3N6O. The lowest BCUT2D eigenvalue weighted by atomic mass is 9.95. The Hall–Kier alpha value is -3.17. The van der Waals surface area contributed by atoms with E-state index in [2.05, 4.69) is 39.7 Å². The first kappa shape index (κ1) is 22.0. The molecule has 0 saturated carbocycles. The van der Waals surface area contributed by atoms with E-state index >= 15 is 0 Å². The van der Waals surface area contributed by atoms with Crippen LogP contribution in [0.2, 0.25) is 0 Å². The van der Waals surface area contributed by atoms with Gasteiger partial charge in [0.25, 0.3) is 5.82 Å². The second kappa shape index (κ2) is 9.13. The predicted molar refractivity (Wildman–Crippen MR) is 113 cm³/mol. The van der Waals surface area contributed by atoms with Crippen molar-refractivity contribution in [3.8, 4) is 0 Å². The first-order chi connectivity index (χ1) is 15.3. The third-order valence-electron chi connectivity index (χ3n) is 5.94. The Balaban J connectivity index is 1.29. The number of nitrogens with one attached hydrogen (secondary N) is 1. The molecule has 4 rings (SSSR count). The normalized spacial score (nSPS) is 16.3. The SMILES string of the molecule is CC(CCNC(=O)C1CCN(c2ccc3nnc(C(F)(F)F)n3n2)CC1)c1ccccc1. The number of anilines is 1. The monoisotopic (exact) mass is 446 g/mol. The maximum absolute atomic E-state index is 13.1. The molecule has 1 N–H and O–H groups in total.